The number of fused-ring (bicyclic) bond motifs is 1. The average Bonchev–Trinajstić information content (AvgIpc) is 2.49. The molecule has 0 saturated heterocycles. The van der Waals surface area contributed by atoms with Crippen molar-refractivity contribution in [2.45, 2.75) is 13.0 Å². The lowest BCUT2D eigenvalue weighted by atomic mass is 10.1. The summed E-state index contributed by atoms with van der Waals surface area (Å²) in [4.78, 5) is 7.18. The highest BCUT2D eigenvalue weighted by Crippen LogP contribution is 2.27. The van der Waals surface area contributed by atoms with Gasteiger partial charge in [-0.25, -0.2) is 4.98 Å². The Kier molecular flexibility index (Phi) is 1.98. The number of nitrogens with one attached hydrogen (secondary N) is 1. The van der Waals surface area contributed by atoms with E-state index in [0.717, 1.165) is 16.6 Å². The van der Waals surface area contributed by atoms with Crippen molar-refractivity contribution in [3.05, 3.63) is 29.0 Å². The van der Waals surface area contributed by atoms with Crippen molar-refractivity contribution in [1.29, 1.82) is 0 Å². The van der Waals surface area contributed by atoms with Crippen molar-refractivity contribution in [3.8, 4) is 0 Å². The fraction of sp³-hybridized carbons (Fsp3) is 0.222. The van der Waals surface area contributed by atoms with Gasteiger partial charge in [-0.05, 0) is 18.6 Å². The molecule has 3 N–H and O–H groups in total. The van der Waals surface area contributed by atoms with E-state index in [1.807, 2.05) is 13.1 Å². The molecule has 2 aromatic heterocycles. The molecule has 0 aromatic carbocycles. The third-order valence-electron chi connectivity index (χ3n) is 2.04. The lowest BCUT2D eigenvalue weighted by Gasteiger charge is -2.02. The standard InChI is InChI=1S/C9H10ClN3/c1-5(11)6-4-13-9-8(6)7(10)2-3-12-9/h2-5H,11H2,1H3,(H,12,13)/t5-/m0/s1. The zero-order valence-electron chi connectivity index (χ0n) is 7.21. The Bertz CT molecular complexity index is 433. The fourth-order valence-corrected chi connectivity index (χ4v) is 1.65. The molecule has 2 heterocycles. The maximum Gasteiger partial charge on any atom is 0.139 e. The Labute approximate surface area is 80.9 Å². The van der Waals surface area contributed by atoms with E-state index < -0.39 is 0 Å². The van der Waals surface area contributed by atoms with Gasteiger partial charge >= 0.3 is 0 Å². The maximum absolute atomic E-state index is 6.03. The number of nitrogens with zero attached hydrogens (tertiary/aromatic N) is 1. The summed E-state index contributed by atoms with van der Waals surface area (Å²) < 4.78 is 0. The number of H-pyrrole nitrogens is 1. The summed E-state index contributed by atoms with van der Waals surface area (Å²) in [6.07, 6.45) is 3.53. The second kappa shape index (κ2) is 3.01. The van der Waals surface area contributed by atoms with Crippen LogP contribution < -0.4 is 5.73 Å². The minimum Gasteiger partial charge on any atom is -0.346 e. The number of halogens is 1. The summed E-state index contributed by atoms with van der Waals surface area (Å²) in [5.74, 6) is 0. The zero-order valence-corrected chi connectivity index (χ0v) is 7.97. The van der Waals surface area contributed by atoms with Crippen molar-refractivity contribution in [2.75, 3.05) is 0 Å². The molecule has 1 atom stereocenters. The van der Waals surface area contributed by atoms with Gasteiger partial charge in [0, 0.05) is 23.8 Å². The van der Waals surface area contributed by atoms with E-state index >= 15 is 0 Å². The molecule has 0 unspecified atom stereocenters. The quantitative estimate of drug-likeness (QED) is 0.733. The van der Waals surface area contributed by atoms with E-state index in [2.05, 4.69) is 9.97 Å². The van der Waals surface area contributed by atoms with Crippen molar-refractivity contribution >= 4 is 22.6 Å². The molecule has 2 rings (SSSR count). The summed E-state index contributed by atoms with van der Waals surface area (Å²) in [7, 11) is 0. The van der Waals surface area contributed by atoms with Gasteiger partial charge in [-0.1, -0.05) is 11.6 Å². The van der Waals surface area contributed by atoms with E-state index in [4.69, 9.17) is 17.3 Å². The molecule has 0 aliphatic carbocycles. The average molecular weight is 196 g/mol. The van der Waals surface area contributed by atoms with Crippen molar-refractivity contribution < 1.29 is 0 Å². The van der Waals surface area contributed by atoms with Crippen LogP contribution in [0.3, 0.4) is 0 Å². The van der Waals surface area contributed by atoms with Gasteiger partial charge in [0.05, 0.1) is 5.02 Å². The first-order valence-corrected chi connectivity index (χ1v) is 4.45. The molecule has 68 valence electrons. The van der Waals surface area contributed by atoms with Crippen molar-refractivity contribution in [2.24, 2.45) is 5.73 Å². The van der Waals surface area contributed by atoms with Gasteiger partial charge in [0.2, 0.25) is 0 Å². The largest absolute Gasteiger partial charge is 0.346 e. The number of aromatic amines is 1. The van der Waals surface area contributed by atoms with Gasteiger partial charge in [0.25, 0.3) is 0 Å². The summed E-state index contributed by atoms with van der Waals surface area (Å²) >= 11 is 6.03. The second-order valence-corrected chi connectivity index (χ2v) is 3.46. The normalized spacial score (nSPS) is 13.5. The lowest BCUT2D eigenvalue weighted by molar-refractivity contribution is 0.826. The summed E-state index contributed by atoms with van der Waals surface area (Å²) in [5, 5.41) is 1.62. The predicted octanol–water partition coefficient (Wildman–Crippen LogP) is 2.24. The molecule has 13 heavy (non-hydrogen) atoms. The van der Waals surface area contributed by atoms with Gasteiger partial charge in [0.1, 0.15) is 5.65 Å². The number of aromatic nitrogens is 2. The second-order valence-electron chi connectivity index (χ2n) is 3.05. The Morgan fingerprint density at radius 3 is 3.08 bits per heavy atom. The summed E-state index contributed by atoms with van der Waals surface area (Å²) in [5.41, 5.74) is 7.59. The first kappa shape index (κ1) is 8.53. The van der Waals surface area contributed by atoms with Crippen LogP contribution in [0.5, 0.6) is 0 Å². The molecule has 0 aliphatic rings. The molecular weight excluding hydrogens is 186 g/mol. The molecule has 0 spiro atoms. The van der Waals surface area contributed by atoms with E-state index in [1.165, 1.54) is 0 Å². The number of hydrogen-bond donors (Lipinski definition) is 2. The van der Waals surface area contributed by atoms with Crippen LogP contribution in [0.1, 0.15) is 18.5 Å². The minimum atomic E-state index is -0.0320. The van der Waals surface area contributed by atoms with Crippen LogP contribution in [0, 0.1) is 0 Å². The number of hydrogen-bond acceptors (Lipinski definition) is 2. The highest BCUT2D eigenvalue weighted by atomic mass is 35.5. The zero-order chi connectivity index (χ0) is 9.42. The van der Waals surface area contributed by atoms with Crippen LogP contribution in [0.4, 0.5) is 0 Å². The Morgan fingerprint density at radius 2 is 2.38 bits per heavy atom. The smallest absolute Gasteiger partial charge is 0.139 e. The molecular formula is C9H10ClN3. The highest BCUT2D eigenvalue weighted by molar-refractivity contribution is 6.35. The van der Waals surface area contributed by atoms with Gasteiger partial charge in [-0.2, -0.15) is 0 Å². The first-order valence-electron chi connectivity index (χ1n) is 4.07. The molecule has 0 bridgehead atoms. The monoisotopic (exact) mass is 195 g/mol. The molecule has 0 amide bonds. The number of nitrogens with two attached hydrogens (primary N) is 1. The van der Waals surface area contributed by atoms with E-state index in [9.17, 15) is 0 Å². The Balaban J connectivity index is 2.79. The van der Waals surface area contributed by atoms with Crippen LogP contribution in [-0.2, 0) is 0 Å². The van der Waals surface area contributed by atoms with E-state index in [1.54, 1.807) is 12.3 Å². The topological polar surface area (TPSA) is 54.7 Å². The fourth-order valence-electron chi connectivity index (χ4n) is 1.40. The van der Waals surface area contributed by atoms with Crippen LogP contribution >= 0.6 is 11.6 Å². The van der Waals surface area contributed by atoms with Gasteiger partial charge in [-0.15, -0.1) is 0 Å². The van der Waals surface area contributed by atoms with Crippen LogP contribution in [0.15, 0.2) is 18.5 Å². The van der Waals surface area contributed by atoms with Crippen molar-refractivity contribution in [3.63, 3.8) is 0 Å². The van der Waals surface area contributed by atoms with Crippen LogP contribution in [0.2, 0.25) is 5.02 Å². The van der Waals surface area contributed by atoms with Gasteiger partial charge < -0.3 is 10.7 Å². The Morgan fingerprint density at radius 1 is 1.62 bits per heavy atom. The number of pyridine rings is 1. The van der Waals surface area contributed by atoms with Gasteiger partial charge in [-0.3, -0.25) is 0 Å². The Hall–Kier alpha value is -1.06. The molecule has 0 fully saturated rings. The molecule has 0 aliphatic heterocycles. The van der Waals surface area contributed by atoms with E-state index in [-0.39, 0.29) is 6.04 Å². The van der Waals surface area contributed by atoms with Crippen LogP contribution in [-0.4, -0.2) is 9.97 Å². The molecule has 3 nitrogen and oxygen atoms in total. The molecule has 4 heteroatoms. The van der Waals surface area contributed by atoms with E-state index in [0.29, 0.717) is 5.02 Å². The molecule has 0 saturated carbocycles. The predicted molar refractivity (Wildman–Crippen MR) is 53.7 cm³/mol. The minimum absolute atomic E-state index is 0.0320. The first-order chi connectivity index (χ1) is 6.20. The molecule has 2 aromatic rings. The van der Waals surface area contributed by atoms with Crippen LogP contribution in [0.25, 0.3) is 11.0 Å². The van der Waals surface area contributed by atoms with Gasteiger partial charge in [0.15, 0.2) is 0 Å². The summed E-state index contributed by atoms with van der Waals surface area (Å²) in [6.45, 7) is 1.92. The SMILES string of the molecule is C[C@H](N)c1c[nH]c2nccc(Cl)c12. The number of rotatable bonds is 1. The molecule has 0 radical (unpaired) electrons. The summed E-state index contributed by atoms with van der Waals surface area (Å²) in [6, 6.07) is 1.74. The highest BCUT2D eigenvalue weighted by Gasteiger charge is 2.10. The lowest BCUT2D eigenvalue weighted by Crippen LogP contribution is -2.03. The van der Waals surface area contributed by atoms with Crippen molar-refractivity contribution in [1.82, 2.24) is 9.97 Å². The third kappa shape index (κ3) is 1.30. The maximum atomic E-state index is 6.03. The third-order valence-corrected chi connectivity index (χ3v) is 2.36.